The third-order valence-electron chi connectivity index (χ3n) is 3.90. The third-order valence-corrected chi connectivity index (χ3v) is 3.90. The first kappa shape index (κ1) is 16.9. The second-order valence-electron chi connectivity index (χ2n) is 5.32. The monoisotopic (exact) mass is 325 g/mol. The molecule has 0 atom stereocenters. The molecule has 0 radical (unpaired) electrons. The van der Waals surface area contributed by atoms with Crippen molar-refractivity contribution < 1.29 is 23.2 Å². The topological polar surface area (TPSA) is 78.5 Å². The fraction of sp³-hybridized carbons (Fsp3) is 0.400. The predicted octanol–water partition coefficient (Wildman–Crippen LogP) is 2.01. The summed E-state index contributed by atoms with van der Waals surface area (Å²) < 4.78 is 26.2. The molecular weight excluding hydrogens is 308 g/mol. The maximum atomic E-state index is 13.1. The zero-order valence-corrected chi connectivity index (χ0v) is 12.8. The Bertz CT molecular complexity index is 639. The Morgan fingerprint density at radius 2 is 1.74 bits per heavy atom. The molecule has 0 spiro atoms. The molecule has 0 unspecified atom stereocenters. The second kappa shape index (κ2) is 6.31. The van der Waals surface area contributed by atoms with E-state index in [0.29, 0.717) is 18.9 Å². The molecule has 2 rings (SSSR count). The molecular formula is C15H17F2N3O3. The van der Waals surface area contributed by atoms with Gasteiger partial charge in [-0.25, -0.2) is 13.6 Å². The van der Waals surface area contributed by atoms with Crippen molar-refractivity contribution in [2.24, 2.45) is 0 Å². The summed E-state index contributed by atoms with van der Waals surface area (Å²) in [6, 6.07) is 1.90. The Hall–Kier alpha value is -2.51. The van der Waals surface area contributed by atoms with Crippen LogP contribution in [0.1, 0.15) is 26.7 Å². The normalized spacial score (nSPS) is 16.4. The quantitative estimate of drug-likeness (QED) is 0.813. The Morgan fingerprint density at radius 1 is 1.17 bits per heavy atom. The summed E-state index contributed by atoms with van der Waals surface area (Å²) >= 11 is 0. The average Bonchev–Trinajstić information content (AvgIpc) is 2.71. The van der Waals surface area contributed by atoms with Gasteiger partial charge in [-0.3, -0.25) is 14.5 Å². The first-order valence-electron chi connectivity index (χ1n) is 7.21. The summed E-state index contributed by atoms with van der Waals surface area (Å²) in [5.74, 6) is -2.88. The van der Waals surface area contributed by atoms with Crippen LogP contribution < -0.4 is 10.6 Å². The number of anilines is 1. The van der Waals surface area contributed by atoms with E-state index in [0.717, 1.165) is 17.0 Å². The maximum absolute atomic E-state index is 13.1. The van der Waals surface area contributed by atoms with E-state index in [-0.39, 0.29) is 5.69 Å². The minimum Gasteiger partial charge on any atom is -0.324 e. The van der Waals surface area contributed by atoms with Crippen LogP contribution in [-0.2, 0) is 9.59 Å². The fourth-order valence-corrected chi connectivity index (χ4v) is 2.52. The highest BCUT2D eigenvalue weighted by molar-refractivity contribution is 6.10. The van der Waals surface area contributed by atoms with Crippen LogP contribution in [0.3, 0.4) is 0 Å². The molecule has 2 N–H and O–H groups in total. The van der Waals surface area contributed by atoms with E-state index in [2.05, 4.69) is 10.6 Å². The number of urea groups is 1. The lowest BCUT2D eigenvalue weighted by Crippen LogP contribution is -2.46. The molecule has 6 nitrogen and oxygen atoms in total. The van der Waals surface area contributed by atoms with Gasteiger partial charge in [-0.05, 0) is 25.0 Å². The number of benzene rings is 1. The molecule has 1 aliphatic heterocycles. The zero-order chi connectivity index (χ0) is 17.2. The van der Waals surface area contributed by atoms with Gasteiger partial charge < -0.3 is 10.6 Å². The minimum atomic E-state index is -0.998. The van der Waals surface area contributed by atoms with E-state index in [4.69, 9.17) is 0 Å². The van der Waals surface area contributed by atoms with Gasteiger partial charge in [0, 0.05) is 11.8 Å². The molecule has 1 aromatic carbocycles. The predicted molar refractivity (Wildman–Crippen MR) is 78.5 cm³/mol. The van der Waals surface area contributed by atoms with Crippen molar-refractivity contribution in [1.82, 2.24) is 10.2 Å². The summed E-state index contributed by atoms with van der Waals surface area (Å²) in [5.41, 5.74) is -1.08. The molecule has 0 aliphatic carbocycles. The highest BCUT2D eigenvalue weighted by atomic mass is 19.1. The van der Waals surface area contributed by atoms with E-state index in [1.165, 1.54) is 0 Å². The summed E-state index contributed by atoms with van der Waals surface area (Å²) in [5, 5.41) is 4.85. The van der Waals surface area contributed by atoms with Crippen LogP contribution in [0.15, 0.2) is 18.2 Å². The SMILES string of the molecule is CCC1(CC)NC(=O)N(CC(=O)Nc2cc(F)cc(F)c2)C1=O. The molecule has 0 bridgehead atoms. The highest BCUT2D eigenvalue weighted by Gasteiger charge is 2.49. The van der Waals surface area contributed by atoms with E-state index >= 15 is 0 Å². The Balaban J connectivity index is 2.08. The lowest BCUT2D eigenvalue weighted by Gasteiger charge is -2.23. The van der Waals surface area contributed by atoms with Crippen LogP contribution in [-0.4, -0.2) is 34.8 Å². The van der Waals surface area contributed by atoms with Crippen molar-refractivity contribution in [3.8, 4) is 0 Å². The van der Waals surface area contributed by atoms with E-state index < -0.39 is 41.6 Å². The van der Waals surface area contributed by atoms with Gasteiger partial charge in [0.25, 0.3) is 5.91 Å². The Morgan fingerprint density at radius 3 is 2.22 bits per heavy atom. The summed E-state index contributed by atoms with van der Waals surface area (Å²) in [6.07, 6.45) is 0.808. The molecule has 124 valence electrons. The molecule has 23 heavy (non-hydrogen) atoms. The second-order valence-corrected chi connectivity index (χ2v) is 5.32. The lowest BCUT2D eigenvalue weighted by molar-refractivity contribution is -0.134. The van der Waals surface area contributed by atoms with Crippen LogP contribution in [0.5, 0.6) is 0 Å². The molecule has 4 amide bonds. The van der Waals surface area contributed by atoms with E-state index in [9.17, 15) is 23.2 Å². The summed E-state index contributed by atoms with van der Waals surface area (Å²) in [4.78, 5) is 37.0. The Labute approximate surface area is 131 Å². The molecule has 0 saturated carbocycles. The minimum absolute atomic E-state index is 0.0863. The van der Waals surface area contributed by atoms with Crippen LogP contribution in [0, 0.1) is 11.6 Å². The van der Waals surface area contributed by atoms with Crippen LogP contribution in [0.4, 0.5) is 19.3 Å². The van der Waals surface area contributed by atoms with Gasteiger partial charge in [0.15, 0.2) is 0 Å². The Kier molecular flexibility index (Phi) is 4.63. The third kappa shape index (κ3) is 3.30. The van der Waals surface area contributed by atoms with Crippen molar-refractivity contribution in [2.45, 2.75) is 32.2 Å². The fourth-order valence-electron chi connectivity index (χ4n) is 2.52. The van der Waals surface area contributed by atoms with E-state index in [1.54, 1.807) is 13.8 Å². The molecule has 1 saturated heterocycles. The van der Waals surface area contributed by atoms with Crippen LogP contribution >= 0.6 is 0 Å². The van der Waals surface area contributed by atoms with Crippen LogP contribution in [0.2, 0.25) is 0 Å². The number of carbonyl (C=O) groups is 3. The average molecular weight is 325 g/mol. The molecule has 0 aromatic heterocycles. The van der Waals surface area contributed by atoms with Crippen molar-refractivity contribution in [3.05, 3.63) is 29.8 Å². The van der Waals surface area contributed by atoms with Crippen molar-refractivity contribution in [2.75, 3.05) is 11.9 Å². The first-order chi connectivity index (χ1) is 10.8. The van der Waals surface area contributed by atoms with Gasteiger partial charge in [0.1, 0.15) is 23.7 Å². The maximum Gasteiger partial charge on any atom is 0.325 e. The highest BCUT2D eigenvalue weighted by Crippen LogP contribution is 2.24. The summed E-state index contributed by atoms with van der Waals surface area (Å²) in [7, 11) is 0. The van der Waals surface area contributed by atoms with Gasteiger partial charge in [0.2, 0.25) is 5.91 Å². The van der Waals surface area contributed by atoms with Gasteiger partial charge in [-0.15, -0.1) is 0 Å². The van der Waals surface area contributed by atoms with Gasteiger partial charge in [0.05, 0.1) is 0 Å². The number of nitrogens with zero attached hydrogens (tertiary/aromatic N) is 1. The van der Waals surface area contributed by atoms with Gasteiger partial charge in [-0.1, -0.05) is 13.8 Å². The number of hydrogen-bond donors (Lipinski definition) is 2. The number of amides is 4. The lowest BCUT2D eigenvalue weighted by atomic mass is 9.93. The standard InChI is InChI=1S/C15H17F2N3O3/c1-3-15(4-2)13(22)20(14(23)19-15)8-12(21)18-11-6-9(16)5-10(17)7-11/h5-7H,3-4,8H2,1-2H3,(H,18,21)(H,19,23). The number of rotatable bonds is 5. The smallest absolute Gasteiger partial charge is 0.324 e. The van der Waals surface area contributed by atoms with Crippen molar-refractivity contribution >= 4 is 23.5 Å². The number of hydrogen-bond acceptors (Lipinski definition) is 3. The largest absolute Gasteiger partial charge is 0.325 e. The molecule has 1 fully saturated rings. The van der Waals surface area contributed by atoms with Crippen molar-refractivity contribution in [3.63, 3.8) is 0 Å². The van der Waals surface area contributed by atoms with Crippen LogP contribution in [0.25, 0.3) is 0 Å². The van der Waals surface area contributed by atoms with Gasteiger partial charge >= 0.3 is 6.03 Å². The van der Waals surface area contributed by atoms with Crippen molar-refractivity contribution in [1.29, 1.82) is 0 Å². The zero-order valence-electron chi connectivity index (χ0n) is 12.8. The number of carbonyl (C=O) groups excluding carboxylic acids is 3. The van der Waals surface area contributed by atoms with Gasteiger partial charge in [-0.2, -0.15) is 0 Å². The number of imide groups is 1. The molecule has 8 heteroatoms. The number of nitrogens with one attached hydrogen (secondary N) is 2. The first-order valence-corrected chi connectivity index (χ1v) is 7.21. The molecule has 1 heterocycles. The van der Waals surface area contributed by atoms with E-state index in [1.807, 2.05) is 0 Å². The summed E-state index contributed by atoms with van der Waals surface area (Å²) in [6.45, 7) is 3.01. The molecule has 1 aromatic rings. The number of halogens is 2. The molecule has 1 aliphatic rings.